The van der Waals surface area contributed by atoms with Crippen LogP contribution in [0.15, 0.2) is 101 Å². The Morgan fingerprint density at radius 2 is 1.55 bits per heavy atom. The number of ketones is 1. The maximum Gasteiger partial charge on any atom is 0.313 e. The molecule has 0 spiro atoms. The molecule has 5 rings (SSSR count). The van der Waals surface area contributed by atoms with E-state index >= 15 is 0 Å². The van der Waals surface area contributed by atoms with E-state index < -0.39 is 5.92 Å². The summed E-state index contributed by atoms with van der Waals surface area (Å²) in [6.45, 7) is 22.9. The second-order valence-electron chi connectivity index (χ2n) is 19.1. The number of carbonyl (C=O) groups is 9. The summed E-state index contributed by atoms with van der Waals surface area (Å²) in [7, 11) is 0. The number of cyclic esters (lactones) is 1. The maximum absolute atomic E-state index is 13.7. The monoisotopic (exact) mass is 1060 g/mol. The molecule has 18 heteroatoms. The lowest BCUT2D eigenvalue weighted by Gasteiger charge is -2.31. The van der Waals surface area contributed by atoms with Crippen LogP contribution in [0.25, 0.3) is 5.57 Å². The van der Waals surface area contributed by atoms with E-state index in [4.69, 9.17) is 9.47 Å². The largest absolute Gasteiger partial charge is 0.492 e. The Morgan fingerprint density at radius 3 is 2.18 bits per heavy atom. The fraction of sp³-hybridized carbons (Fsp3) is 0.475. The van der Waals surface area contributed by atoms with E-state index in [1.54, 1.807) is 0 Å². The molecule has 2 heterocycles. The Balaban J connectivity index is 0.000000383. The van der Waals surface area contributed by atoms with E-state index in [1.807, 2.05) is 83.2 Å². The minimum Gasteiger partial charge on any atom is -0.492 e. The van der Waals surface area contributed by atoms with Crippen molar-refractivity contribution in [2.24, 2.45) is 17.8 Å². The van der Waals surface area contributed by atoms with Gasteiger partial charge in [-0.25, -0.2) is 0 Å². The smallest absolute Gasteiger partial charge is 0.313 e. The van der Waals surface area contributed by atoms with Gasteiger partial charge in [-0.3, -0.25) is 53.4 Å². The average Bonchev–Trinajstić information content (AvgIpc) is 3.73. The summed E-state index contributed by atoms with van der Waals surface area (Å²) in [6.07, 6.45) is 11.2. The number of benzene rings is 2. The van der Waals surface area contributed by atoms with Gasteiger partial charge in [0, 0.05) is 55.7 Å². The van der Waals surface area contributed by atoms with Crippen molar-refractivity contribution in [1.82, 2.24) is 36.8 Å². The van der Waals surface area contributed by atoms with Crippen molar-refractivity contribution in [3.8, 4) is 5.75 Å². The average molecular weight is 1060 g/mol. The number of nitrogens with zero attached hydrogens (tertiary/aromatic N) is 1. The van der Waals surface area contributed by atoms with Gasteiger partial charge in [-0.1, -0.05) is 83.2 Å². The summed E-state index contributed by atoms with van der Waals surface area (Å²) in [5.41, 5.74) is 8.87. The molecule has 0 fully saturated rings. The van der Waals surface area contributed by atoms with Crippen molar-refractivity contribution in [3.63, 3.8) is 0 Å². The van der Waals surface area contributed by atoms with Gasteiger partial charge in [0.05, 0.1) is 25.7 Å². The molecule has 4 atom stereocenters. The number of unbranched alkanes of at least 4 members (excludes halogenated alkanes) is 2. The molecule has 7 amide bonds. The number of rotatable bonds is 25. The number of hydrogen-bond acceptors (Lipinski definition) is 12. The van der Waals surface area contributed by atoms with Crippen LogP contribution in [0, 0.1) is 24.7 Å². The van der Waals surface area contributed by atoms with Crippen LogP contribution in [0.4, 0.5) is 0 Å². The summed E-state index contributed by atoms with van der Waals surface area (Å²) in [5, 5.41) is 15.9. The zero-order valence-electron chi connectivity index (χ0n) is 46.3. The molecule has 18 nitrogen and oxygen atoms in total. The number of amides is 7. The number of imide groups is 1. The van der Waals surface area contributed by atoms with Crippen molar-refractivity contribution < 1.29 is 52.6 Å². The summed E-state index contributed by atoms with van der Waals surface area (Å²) in [6, 6.07) is 16.1. The van der Waals surface area contributed by atoms with Crippen molar-refractivity contribution in [2.45, 2.75) is 113 Å². The molecule has 0 radical (unpaired) electrons. The molecule has 2 aromatic rings. The molecular weight excluding hydrogens is 983 g/mol. The fourth-order valence-corrected chi connectivity index (χ4v) is 8.89. The first-order valence-electron chi connectivity index (χ1n) is 26.6. The first-order chi connectivity index (χ1) is 36.9. The van der Waals surface area contributed by atoms with E-state index in [-0.39, 0.29) is 85.5 Å². The molecule has 418 valence electrons. The van der Waals surface area contributed by atoms with Gasteiger partial charge in [-0.15, -0.1) is 0 Å². The number of nitrogens with one attached hydrogen (secondary N) is 6. The maximum atomic E-state index is 13.7. The molecule has 2 aromatic carbocycles. The van der Waals surface area contributed by atoms with Gasteiger partial charge in [0.1, 0.15) is 19.0 Å². The number of hydrogen-bond donors (Lipinski definition) is 6. The second-order valence-corrected chi connectivity index (χ2v) is 19.1. The predicted octanol–water partition coefficient (Wildman–Crippen LogP) is 5.66. The highest BCUT2D eigenvalue weighted by Crippen LogP contribution is 2.41. The van der Waals surface area contributed by atoms with Crippen LogP contribution in [0.1, 0.15) is 110 Å². The number of esters is 1. The quantitative estimate of drug-likeness (QED) is 0.0232. The number of carbonyl (C=O) groups excluding carboxylic acids is 9. The number of allylic oxidation sites excluding steroid dienone is 5. The van der Waals surface area contributed by atoms with Gasteiger partial charge >= 0.3 is 5.97 Å². The summed E-state index contributed by atoms with van der Waals surface area (Å²) < 4.78 is 11.5. The molecule has 2 unspecified atom stereocenters. The van der Waals surface area contributed by atoms with Crippen molar-refractivity contribution in [1.29, 1.82) is 0 Å². The molecule has 2 aliphatic heterocycles. The second kappa shape index (κ2) is 34.2. The fourth-order valence-electron chi connectivity index (χ4n) is 8.89. The minimum absolute atomic E-state index is 0.0226. The van der Waals surface area contributed by atoms with Crippen LogP contribution in [0.3, 0.4) is 0 Å². The number of aryl methyl sites for hydroxylation is 1. The SMILES string of the molecule is C=C1/C(=C(/CC)c2cc(OCCNCNC(=O)CNC=O)ccc2C)CC(C)C(C)C(=O)C2=C(/C=C/1C)[C@@H](CC)C(=O)OC2.CCNC(=O)CCCCCN1C(=O)C=CC1=O.C[C@H](Cc1ccccc1)NC(=O)CNC=O. The van der Waals surface area contributed by atoms with Crippen LogP contribution in [-0.4, -0.2) is 118 Å². The Hall–Kier alpha value is -7.47. The lowest BCUT2D eigenvalue weighted by atomic mass is 9.75. The van der Waals surface area contributed by atoms with Gasteiger partial charge in [0.25, 0.3) is 11.8 Å². The summed E-state index contributed by atoms with van der Waals surface area (Å²) in [4.78, 5) is 104. The number of Topliss-reactive ketones (excluding diaryl/α,β-unsaturated/α-hetero) is 1. The highest BCUT2D eigenvalue weighted by molar-refractivity contribution is 6.12. The van der Waals surface area contributed by atoms with Crippen molar-refractivity contribution in [2.75, 3.05) is 52.6 Å². The number of ether oxygens (including phenoxy) is 2. The van der Waals surface area contributed by atoms with Gasteiger partial charge in [-0.2, -0.15) is 0 Å². The van der Waals surface area contributed by atoms with E-state index in [0.717, 1.165) is 76.8 Å². The topological polar surface area (TPSA) is 248 Å². The van der Waals surface area contributed by atoms with E-state index in [1.165, 1.54) is 22.6 Å². The third kappa shape index (κ3) is 21.2. The van der Waals surface area contributed by atoms with E-state index in [2.05, 4.69) is 65.3 Å². The van der Waals surface area contributed by atoms with Gasteiger partial charge in [0.2, 0.25) is 30.5 Å². The van der Waals surface area contributed by atoms with Crippen molar-refractivity contribution in [3.05, 3.63) is 118 Å². The zero-order valence-corrected chi connectivity index (χ0v) is 46.3. The first-order valence-corrected chi connectivity index (χ1v) is 26.6. The Morgan fingerprint density at radius 1 is 0.870 bits per heavy atom. The molecule has 0 bridgehead atoms. The zero-order chi connectivity index (χ0) is 56.9. The molecule has 3 aliphatic rings. The highest BCUT2D eigenvalue weighted by atomic mass is 16.5. The lowest BCUT2D eigenvalue weighted by Crippen LogP contribution is -2.40. The van der Waals surface area contributed by atoms with Gasteiger partial charge in [0.15, 0.2) is 5.78 Å². The third-order valence-corrected chi connectivity index (χ3v) is 13.3. The first kappa shape index (κ1) is 63.8. The Labute approximate surface area is 454 Å². The summed E-state index contributed by atoms with van der Waals surface area (Å²) >= 11 is 0. The lowest BCUT2D eigenvalue weighted by molar-refractivity contribution is -0.148. The van der Waals surface area contributed by atoms with Crippen LogP contribution < -0.4 is 36.6 Å². The van der Waals surface area contributed by atoms with E-state index in [0.29, 0.717) is 63.9 Å². The highest BCUT2D eigenvalue weighted by Gasteiger charge is 2.36. The van der Waals surface area contributed by atoms with Crippen molar-refractivity contribution >= 4 is 59.7 Å². The normalized spacial score (nSPS) is 18.9. The minimum atomic E-state index is -0.466. The Bertz CT molecular complexity index is 2500. The van der Waals surface area contributed by atoms with Gasteiger partial charge < -0.3 is 36.1 Å². The van der Waals surface area contributed by atoms with E-state index in [9.17, 15) is 43.2 Å². The molecular formula is C59H81N7O11. The summed E-state index contributed by atoms with van der Waals surface area (Å²) in [5.74, 6) is -1.06. The third-order valence-electron chi connectivity index (χ3n) is 13.3. The standard InChI is InChI=1S/C35H47N3O6.C12H18N2O3.C12H16N2O2/c1-8-27(29-16-26(11-10-21(29)3)43-13-12-36-19-38-33(40)17-37-20-39)30-14-23(5)25(7)34(41)32-18-44-35(42)28(9-2)31(32)15-22(4)24(30)6;1-2-13-10(15)6-4-3-5-9-14-11(16)7-8-12(14)17;1-10(14-12(16)8-13-9-15)7-11-5-3-2-4-6-11/h10-11,15-16,20,23,25,28,36H,6,8-9,12-14,17-19H2,1-5,7H3,(H,37,39)(H,38,40);7-8H,2-6,9H2,1H3,(H,13,15);2-6,9-10H,7-8H2,1H3,(H,13,15)(H,14,16)/b22-15+,30-27-;;/t23?,25?,28-;;10-/m1.1/s1. The molecule has 1 aliphatic carbocycles. The van der Waals surface area contributed by atoms with Crippen LogP contribution >= 0.6 is 0 Å². The molecule has 0 saturated heterocycles. The van der Waals surface area contributed by atoms with Crippen LogP contribution in [-0.2, 0) is 54.3 Å². The predicted molar refractivity (Wildman–Crippen MR) is 296 cm³/mol. The molecule has 77 heavy (non-hydrogen) atoms. The Kier molecular flexibility index (Phi) is 28.4. The van der Waals surface area contributed by atoms with Gasteiger partial charge in [-0.05, 0) is 129 Å². The van der Waals surface area contributed by atoms with Crippen LogP contribution in [0.2, 0.25) is 0 Å². The molecule has 0 aromatic heterocycles. The van der Waals surface area contributed by atoms with Crippen LogP contribution in [0.5, 0.6) is 5.75 Å². The molecule has 6 N–H and O–H groups in total. The molecule has 0 saturated carbocycles.